The minimum Gasteiger partial charge on any atom is -0.371 e. The SMILES string of the molecule is CN(C)S(=O)(=O)NC(=O)c1cnn2ccc(N3CCCC3)cc12.Fc1ccc(F)cc1. The van der Waals surface area contributed by atoms with Crippen LogP contribution < -0.4 is 9.62 Å². The van der Waals surface area contributed by atoms with Gasteiger partial charge in [0.1, 0.15) is 11.6 Å². The van der Waals surface area contributed by atoms with Crippen molar-refractivity contribution < 1.29 is 22.0 Å². The lowest BCUT2D eigenvalue weighted by Crippen LogP contribution is -2.39. The Morgan fingerprint density at radius 1 is 1.06 bits per heavy atom. The average Bonchev–Trinajstić information content (AvgIpc) is 3.39. The summed E-state index contributed by atoms with van der Waals surface area (Å²) in [6.07, 6.45) is 5.46. The number of halogens is 2. The van der Waals surface area contributed by atoms with Crippen LogP contribution in [0.1, 0.15) is 23.2 Å². The number of aromatic nitrogens is 2. The van der Waals surface area contributed by atoms with Crippen molar-refractivity contribution in [2.75, 3.05) is 32.1 Å². The van der Waals surface area contributed by atoms with Crippen LogP contribution >= 0.6 is 0 Å². The van der Waals surface area contributed by atoms with Crippen molar-refractivity contribution in [3.63, 3.8) is 0 Å². The molecule has 31 heavy (non-hydrogen) atoms. The first kappa shape index (κ1) is 22.6. The second-order valence-corrected chi connectivity index (χ2v) is 9.01. The van der Waals surface area contributed by atoms with Crippen LogP contribution in [0.2, 0.25) is 0 Å². The normalized spacial score (nSPS) is 13.9. The molecule has 1 aromatic carbocycles. The summed E-state index contributed by atoms with van der Waals surface area (Å²) in [6, 6.07) is 8.13. The van der Waals surface area contributed by atoms with Gasteiger partial charge in [0.15, 0.2) is 0 Å². The molecule has 3 heterocycles. The van der Waals surface area contributed by atoms with E-state index in [1.54, 1.807) is 10.7 Å². The van der Waals surface area contributed by atoms with Crippen LogP contribution in [0, 0.1) is 11.6 Å². The predicted octanol–water partition coefficient (Wildman–Crippen LogP) is 2.44. The van der Waals surface area contributed by atoms with Crippen LogP contribution in [0.3, 0.4) is 0 Å². The first-order valence-corrected chi connectivity index (χ1v) is 11.0. The molecule has 11 heteroatoms. The lowest BCUT2D eigenvalue weighted by atomic mass is 10.2. The Bertz CT molecular complexity index is 1140. The number of nitrogens with zero attached hydrogens (tertiary/aromatic N) is 4. The molecule has 0 atom stereocenters. The fraction of sp³-hybridized carbons (Fsp3) is 0.300. The fourth-order valence-electron chi connectivity index (χ4n) is 3.01. The van der Waals surface area contributed by atoms with E-state index in [0.717, 1.165) is 60.2 Å². The molecule has 0 aliphatic carbocycles. The molecule has 1 saturated heterocycles. The lowest BCUT2D eigenvalue weighted by molar-refractivity contribution is 0.0981. The van der Waals surface area contributed by atoms with Crippen LogP contribution in [-0.2, 0) is 10.2 Å². The Morgan fingerprint density at radius 3 is 2.19 bits per heavy atom. The molecule has 4 rings (SSSR count). The van der Waals surface area contributed by atoms with Gasteiger partial charge in [0.05, 0.1) is 17.3 Å². The van der Waals surface area contributed by atoms with Crippen molar-refractivity contribution in [2.45, 2.75) is 12.8 Å². The number of hydrogen-bond acceptors (Lipinski definition) is 5. The summed E-state index contributed by atoms with van der Waals surface area (Å²) in [6.45, 7) is 1.97. The quantitative estimate of drug-likeness (QED) is 0.659. The summed E-state index contributed by atoms with van der Waals surface area (Å²) in [7, 11) is -1.11. The summed E-state index contributed by atoms with van der Waals surface area (Å²) in [5.74, 6) is -1.51. The molecule has 1 amide bonds. The first-order valence-electron chi connectivity index (χ1n) is 9.55. The second-order valence-electron chi connectivity index (χ2n) is 7.12. The Hall–Kier alpha value is -3.05. The standard InChI is InChI=1S/C14H19N5O3S.C6H4F2/c1-17(2)23(21,22)16-14(20)12-10-15-19-8-5-11(9-13(12)19)18-6-3-4-7-18;7-5-1-2-6(8)4-3-5/h5,8-10H,3-4,6-7H2,1-2H3,(H,16,20);1-4H. The van der Waals surface area contributed by atoms with Gasteiger partial charge in [-0.05, 0) is 49.2 Å². The molecule has 0 saturated carbocycles. The van der Waals surface area contributed by atoms with Gasteiger partial charge < -0.3 is 4.90 Å². The maximum Gasteiger partial charge on any atom is 0.303 e. The van der Waals surface area contributed by atoms with Gasteiger partial charge in [0.2, 0.25) is 0 Å². The van der Waals surface area contributed by atoms with E-state index in [1.165, 1.54) is 20.3 Å². The van der Waals surface area contributed by atoms with E-state index in [4.69, 9.17) is 0 Å². The number of rotatable bonds is 4. The molecule has 0 spiro atoms. The van der Waals surface area contributed by atoms with Gasteiger partial charge in [-0.3, -0.25) is 4.79 Å². The maximum atomic E-state index is 12.3. The number of pyridine rings is 1. The highest BCUT2D eigenvalue weighted by Gasteiger charge is 2.22. The topological polar surface area (TPSA) is 87.0 Å². The van der Waals surface area contributed by atoms with E-state index in [0.29, 0.717) is 5.52 Å². The average molecular weight is 451 g/mol. The molecule has 166 valence electrons. The molecule has 2 aromatic heterocycles. The molecule has 1 fully saturated rings. The van der Waals surface area contributed by atoms with Gasteiger partial charge in [0.25, 0.3) is 5.91 Å². The van der Waals surface area contributed by atoms with Crippen molar-refractivity contribution >= 4 is 27.3 Å². The molecular weight excluding hydrogens is 428 g/mol. The van der Waals surface area contributed by atoms with Crippen LogP contribution in [0.25, 0.3) is 5.52 Å². The third-order valence-electron chi connectivity index (χ3n) is 4.73. The van der Waals surface area contributed by atoms with Crippen LogP contribution in [0.4, 0.5) is 14.5 Å². The Labute approximate surface area is 179 Å². The lowest BCUT2D eigenvalue weighted by Gasteiger charge is -2.17. The molecule has 3 aromatic rings. The number of hydrogen-bond donors (Lipinski definition) is 1. The maximum absolute atomic E-state index is 12.3. The summed E-state index contributed by atoms with van der Waals surface area (Å²) < 4.78 is 52.0. The van der Waals surface area contributed by atoms with Crippen molar-refractivity contribution in [3.8, 4) is 0 Å². The summed E-state index contributed by atoms with van der Waals surface area (Å²) in [4.78, 5) is 14.5. The van der Waals surface area contributed by atoms with Crippen molar-refractivity contribution in [2.24, 2.45) is 0 Å². The van der Waals surface area contributed by atoms with E-state index in [1.807, 2.05) is 16.9 Å². The predicted molar refractivity (Wildman–Crippen MR) is 113 cm³/mol. The third kappa shape index (κ3) is 5.56. The Kier molecular flexibility index (Phi) is 6.86. The van der Waals surface area contributed by atoms with Gasteiger partial charge >= 0.3 is 10.2 Å². The van der Waals surface area contributed by atoms with Crippen LogP contribution in [0.15, 0.2) is 48.8 Å². The summed E-state index contributed by atoms with van der Waals surface area (Å²) in [5.41, 5.74) is 1.83. The van der Waals surface area contributed by atoms with Gasteiger partial charge in [-0.25, -0.2) is 18.0 Å². The van der Waals surface area contributed by atoms with Gasteiger partial charge in [0, 0.05) is 39.1 Å². The first-order chi connectivity index (χ1) is 14.7. The van der Waals surface area contributed by atoms with Crippen molar-refractivity contribution in [3.05, 3.63) is 66.0 Å². The molecule has 1 aliphatic rings. The molecule has 8 nitrogen and oxygen atoms in total. The van der Waals surface area contributed by atoms with Crippen molar-refractivity contribution in [1.82, 2.24) is 18.6 Å². The number of benzene rings is 1. The zero-order chi connectivity index (χ0) is 22.6. The van der Waals surface area contributed by atoms with E-state index < -0.39 is 27.8 Å². The summed E-state index contributed by atoms with van der Waals surface area (Å²) in [5, 5.41) is 4.11. The van der Waals surface area contributed by atoms with E-state index in [2.05, 4.69) is 10.00 Å². The van der Waals surface area contributed by atoms with Gasteiger partial charge in [-0.15, -0.1) is 0 Å². The van der Waals surface area contributed by atoms with Crippen LogP contribution in [-0.4, -0.2) is 55.4 Å². The molecule has 0 bridgehead atoms. The minimum absolute atomic E-state index is 0.233. The van der Waals surface area contributed by atoms with E-state index >= 15 is 0 Å². The second kappa shape index (κ2) is 9.40. The monoisotopic (exact) mass is 451 g/mol. The highest BCUT2D eigenvalue weighted by molar-refractivity contribution is 7.87. The van der Waals surface area contributed by atoms with Gasteiger partial charge in [-0.2, -0.15) is 17.8 Å². The van der Waals surface area contributed by atoms with E-state index in [-0.39, 0.29) is 5.56 Å². The number of carbonyl (C=O) groups is 1. The van der Waals surface area contributed by atoms with Crippen LogP contribution in [0.5, 0.6) is 0 Å². The fourth-order valence-corrected chi connectivity index (χ4v) is 3.54. The Balaban J connectivity index is 0.000000287. The number of nitrogens with one attached hydrogen (secondary N) is 1. The number of carbonyl (C=O) groups excluding carboxylic acids is 1. The zero-order valence-corrected chi connectivity index (χ0v) is 17.9. The number of anilines is 1. The van der Waals surface area contributed by atoms with E-state index in [9.17, 15) is 22.0 Å². The molecule has 0 radical (unpaired) electrons. The Morgan fingerprint density at radius 2 is 1.65 bits per heavy atom. The minimum atomic E-state index is -3.83. The summed E-state index contributed by atoms with van der Waals surface area (Å²) >= 11 is 0. The largest absolute Gasteiger partial charge is 0.371 e. The molecular formula is C20H23F2N5O3S. The van der Waals surface area contributed by atoms with Crippen molar-refractivity contribution in [1.29, 1.82) is 0 Å². The highest BCUT2D eigenvalue weighted by atomic mass is 32.2. The zero-order valence-electron chi connectivity index (χ0n) is 17.1. The third-order valence-corrected chi connectivity index (χ3v) is 6.13. The van der Waals surface area contributed by atoms with Gasteiger partial charge in [-0.1, -0.05) is 0 Å². The smallest absolute Gasteiger partial charge is 0.303 e. The highest BCUT2D eigenvalue weighted by Crippen LogP contribution is 2.23. The number of amides is 1. The molecule has 1 N–H and O–H groups in total. The molecule has 1 aliphatic heterocycles. The molecule has 0 unspecified atom stereocenters. The number of fused-ring (bicyclic) bond motifs is 1.